The van der Waals surface area contributed by atoms with Gasteiger partial charge < -0.3 is 29.9 Å². The van der Waals surface area contributed by atoms with E-state index in [1.807, 2.05) is 18.2 Å². The third kappa shape index (κ3) is 21.9. The highest BCUT2D eigenvalue weighted by molar-refractivity contribution is 5.69. The second-order valence-electron chi connectivity index (χ2n) is 13.8. The van der Waals surface area contributed by atoms with Crippen LogP contribution in [0.4, 0.5) is 0 Å². The van der Waals surface area contributed by atoms with E-state index in [1.165, 1.54) is 44.9 Å². The molecule has 8 heteroatoms. The van der Waals surface area contributed by atoms with Crippen molar-refractivity contribution in [1.82, 2.24) is 0 Å². The standard InChI is InChI=1S/C38H68O8/c1-4-5-15-21-31(39)25-26-34-33(35(41)27-36(34)42)22-17-13-14-19-24-38(44)46-29-32(40)28-45-37(43)23-18-12-10-8-6-7-9-11-16-20-30(2)3/h13,17,25-26,30-36,39-42H,4-12,14-16,18-24,27-29H2,1-3H3/b17-13+,26-25+/t31-,32-,33+,34+,35-,36+/m0/s1. The Hall–Kier alpha value is -1.74. The van der Waals surface area contributed by atoms with Gasteiger partial charge in [-0.3, -0.25) is 9.59 Å². The molecule has 1 aliphatic carbocycles. The van der Waals surface area contributed by atoms with Crippen molar-refractivity contribution < 1.29 is 39.5 Å². The zero-order valence-electron chi connectivity index (χ0n) is 29.3. The molecule has 4 N–H and O–H groups in total. The normalized spacial score (nSPS) is 21.4. The van der Waals surface area contributed by atoms with Crippen LogP contribution >= 0.6 is 0 Å². The summed E-state index contributed by atoms with van der Waals surface area (Å²) in [7, 11) is 0. The summed E-state index contributed by atoms with van der Waals surface area (Å²) in [5, 5.41) is 41.0. The SMILES string of the molecule is CCCCC[C@H](O)/C=C/[C@@H]1[C@@H](C/C=C/CCCC(=O)OC[C@@H](O)COC(=O)CCCCCCCCCCCC(C)C)[C@@H](O)C[C@H]1O. The Labute approximate surface area is 280 Å². The molecule has 0 aliphatic heterocycles. The molecule has 0 spiro atoms. The number of hydrogen-bond donors (Lipinski definition) is 4. The van der Waals surface area contributed by atoms with Crippen LogP contribution in [-0.2, 0) is 19.1 Å². The van der Waals surface area contributed by atoms with E-state index in [-0.39, 0.29) is 37.4 Å². The van der Waals surface area contributed by atoms with Crippen LogP contribution in [0.2, 0.25) is 0 Å². The van der Waals surface area contributed by atoms with Gasteiger partial charge in [-0.25, -0.2) is 0 Å². The number of rotatable bonds is 28. The fourth-order valence-corrected chi connectivity index (χ4v) is 6.03. The van der Waals surface area contributed by atoms with Gasteiger partial charge in [0.05, 0.1) is 18.3 Å². The molecule has 0 aromatic heterocycles. The lowest BCUT2D eigenvalue weighted by atomic mass is 9.89. The molecule has 0 heterocycles. The van der Waals surface area contributed by atoms with E-state index < -0.39 is 30.4 Å². The molecule has 0 bridgehead atoms. The molecule has 1 rings (SSSR count). The van der Waals surface area contributed by atoms with Gasteiger partial charge >= 0.3 is 11.9 Å². The van der Waals surface area contributed by atoms with Gasteiger partial charge in [-0.05, 0) is 43.9 Å². The second kappa shape index (κ2) is 27.2. The molecule has 6 atom stereocenters. The lowest BCUT2D eigenvalue weighted by Gasteiger charge is -2.19. The third-order valence-corrected chi connectivity index (χ3v) is 8.94. The molecule has 46 heavy (non-hydrogen) atoms. The van der Waals surface area contributed by atoms with Gasteiger partial charge in [-0.1, -0.05) is 122 Å². The summed E-state index contributed by atoms with van der Waals surface area (Å²) in [6.07, 6.45) is 23.4. The Morgan fingerprint density at radius 3 is 1.91 bits per heavy atom. The number of aliphatic hydroxyl groups excluding tert-OH is 4. The van der Waals surface area contributed by atoms with Crippen LogP contribution < -0.4 is 0 Å². The number of esters is 2. The molecule has 0 amide bonds. The molecule has 0 radical (unpaired) electrons. The minimum absolute atomic E-state index is 0.116. The molecule has 0 aromatic carbocycles. The Bertz CT molecular complexity index is 826. The van der Waals surface area contributed by atoms with Gasteiger partial charge in [-0.2, -0.15) is 0 Å². The average molecular weight is 653 g/mol. The lowest BCUT2D eigenvalue weighted by Crippen LogP contribution is -2.25. The third-order valence-electron chi connectivity index (χ3n) is 8.94. The number of ether oxygens (including phenoxy) is 2. The van der Waals surface area contributed by atoms with Crippen LogP contribution in [0.15, 0.2) is 24.3 Å². The van der Waals surface area contributed by atoms with Crippen molar-refractivity contribution in [2.45, 2.75) is 174 Å². The van der Waals surface area contributed by atoms with E-state index in [2.05, 4.69) is 20.8 Å². The van der Waals surface area contributed by atoms with Gasteiger partial charge in [0, 0.05) is 25.2 Å². The summed E-state index contributed by atoms with van der Waals surface area (Å²) in [5.74, 6) is -0.254. The van der Waals surface area contributed by atoms with Crippen molar-refractivity contribution in [3.8, 4) is 0 Å². The Kier molecular flexibility index (Phi) is 25.0. The summed E-state index contributed by atoms with van der Waals surface area (Å²) in [5.41, 5.74) is 0. The van der Waals surface area contributed by atoms with Crippen molar-refractivity contribution in [3.63, 3.8) is 0 Å². The van der Waals surface area contributed by atoms with Gasteiger partial charge in [0.2, 0.25) is 0 Å². The number of unbranched alkanes of at least 4 members (excludes halogenated alkanes) is 11. The van der Waals surface area contributed by atoms with Crippen molar-refractivity contribution in [1.29, 1.82) is 0 Å². The molecule has 268 valence electrons. The van der Waals surface area contributed by atoms with Crippen LogP contribution in [-0.4, -0.2) is 70.0 Å². The molecule has 8 nitrogen and oxygen atoms in total. The Balaban J connectivity index is 2.09. The average Bonchev–Trinajstić information content (AvgIpc) is 3.29. The van der Waals surface area contributed by atoms with Gasteiger partial charge in [0.25, 0.3) is 0 Å². The molecule has 1 aliphatic rings. The minimum Gasteiger partial charge on any atom is -0.463 e. The molecular weight excluding hydrogens is 584 g/mol. The maximum absolute atomic E-state index is 12.0. The first-order chi connectivity index (χ1) is 22.1. The number of carbonyl (C=O) groups is 2. The van der Waals surface area contributed by atoms with Gasteiger partial charge in [-0.15, -0.1) is 0 Å². The number of hydrogen-bond acceptors (Lipinski definition) is 8. The van der Waals surface area contributed by atoms with Crippen molar-refractivity contribution in [3.05, 3.63) is 24.3 Å². The fourth-order valence-electron chi connectivity index (χ4n) is 6.03. The summed E-state index contributed by atoms with van der Waals surface area (Å²) in [6.45, 7) is 6.29. The smallest absolute Gasteiger partial charge is 0.305 e. The van der Waals surface area contributed by atoms with Crippen LogP contribution in [0.3, 0.4) is 0 Å². The van der Waals surface area contributed by atoms with Gasteiger partial charge in [0.15, 0.2) is 0 Å². The summed E-state index contributed by atoms with van der Waals surface area (Å²) < 4.78 is 10.3. The fraction of sp³-hybridized carbons (Fsp3) is 0.842. The minimum atomic E-state index is -1.04. The monoisotopic (exact) mass is 652 g/mol. The summed E-state index contributed by atoms with van der Waals surface area (Å²) in [4.78, 5) is 24.0. The van der Waals surface area contributed by atoms with E-state index in [0.29, 0.717) is 38.5 Å². The van der Waals surface area contributed by atoms with Gasteiger partial charge in [0.1, 0.15) is 19.3 Å². The zero-order chi connectivity index (χ0) is 34.0. The Morgan fingerprint density at radius 2 is 1.30 bits per heavy atom. The molecule has 0 unspecified atom stereocenters. The van der Waals surface area contributed by atoms with Crippen molar-refractivity contribution >= 4 is 11.9 Å². The molecule has 1 fully saturated rings. The first kappa shape index (κ1) is 42.3. The first-order valence-electron chi connectivity index (χ1n) is 18.5. The largest absolute Gasteiger partial charge is 0.463 e. The van der Waals surface area contributed by atoms with Crippen molar-refractivity contribution in [2.75, 3.05) is 13.2 Å². The number of carbonyl (C=O) groups excluding carboxylic acids is 2. The van der Waals surface area contributed by atoms with Crippen LogP contribution in [0, 0.1) is 17.8 Å². The molecule has 0 saturated heterocycles. The highest BCUT2D eigenvalue weighted by Crippen LogP contribution is 2.36. The Morgan fingerprint density at radius 1 is 0.739 bits per heavy atom. The first-order valence-corrected chi connectivity index (χ1v) is 18.5. The summed E-state index contributed by atoms with van der Waals surface area (Å²) >= 11 is 0. The van der Waals surface area contributed by atoms with E-state index in [1.54, 1.807) is 6.08 Å². The highest BCUT2D eigenvalue weighted by atomic mass is 16.6. The van der Waals surface area contributed by atoms with E-state index in [0.717, 1.165) is 44.4 Å². The molecular formula is C38H68O8. The highest BCUT2D eigenvalue weighted by Gasteiger charge is 2.39. The quantitative estimate of drug-likeness (QED) is 0.0392. The number of aliphatic hydroxyl groups is 4. The molecule has 0 aromatic rings. The van der Waals surface area contributed by atoms with E-state index in [4.69, 9.17) is 9.47 Å². The second-order valence-corrected chi connectivity index (χ2v) is 13.8. The van der Waals surface area contributed by atoms with Crippen LogP contribution in [0.25, 0.3) is 0 Å². The lowest BCUT2D eigenvalue weighted by molar-refractivity contribution is -0.152. The van der Waals surface area contributed by atoms with Crippen LogP contribution in [0.5, 0.6) is 0 Å². The van der Waals surface area contributed by atoms with E-state index >= 15 is 0 Å². The topological polar surface area (TPSA) is 134 Å². The zero-order valence-corrected chi connectivity index (χ0v) is 29.3. The maximum atomic E-state index is 12.0. The van der Waals surface area contributed by atoms with Crippen LogP contribution in [0.1, 0.15) is 149 Å². The number of allylic oxidation sites excluding steroid dienone is 2. The molecule has 1 saturated carbocycles. The van der Waals surface area contributed by atoms with E-state index in [9.17, 15) is 30.0 Å². The predicted octanol–water partition coefficient (Wildman–Crippen LogP) is 7.35. The summed E-state index contributed by atoms with van der Waals surface area (Å²) in [6, 6.07) is 0. The predicted molar refractivity (Wildman–Crippen MR) is 184 cm³/mol. The maximum Gasteiger partial charge on any atom is 0.305 e. The van der Waals surface area contributed by atoms with Crippen molar-refractivity contribution in [2.24, 2.45) is 17.8 Å².